The molecular weight excluding hydrogens is 634 g/mol. The third kappa shape index (κ3) is 5.94. The van der Waals surface area contributed by atoms with Crippen molar-refractivity contribution in [3.63, 3.8) is 0 Å². The first-order chi connectivity index (χ1) is 21.6. The smallest absolute Gasteiger partial charge is 0.283 e. The van der Waals surface area contributed by atoms with E-state index >= 15 is 0 Å². The van der Waals surface area contributed by atoms with Crippen molar-refractivity contribution >= 4 is 85.8 Å². The third-order valence-corrected chi connectivity index (χ3v) is 10.6. The van der Waals surface area contributed by atoms with E-state index in [4.69, 9.17) is 11.6 Å². The number of imide groups is 1. The van der Waals surface area contributed by atoms with Gasteiger partial charge in [-0.05, 0) is 73.4 Å². The maximum Gasteiger partial charge on any atom is 0.283 e. The topological polar surface area (TPSA) is 146 Å². The monoisotopic (exact) mass is 657 g/mol. The van der Waals surface area contributed by atoms with Gasteiger partial charge in [0, 0.05) is 16.8 Å². The van der Waals surface area contributed by atoms with Gasteiger partial charge in [0.1, 0.15) is 11.6 Å². The number of carbonyl (C=O) groups is 3. The van der Waals surface area contributed by atoms with Gasteiger partial charge >= 0.3 is 0 Å². The van der Waals surface area contributed by atoms with Crippen LogP contribution in [0, 0.1) is 40.2 Å². The van der Waals surface area contributed by atoms with Crippen LogP contribution in [0.15, 0.2) is 69.4 Å². The van der Waals surface area contributed by atoms with Crippen molar-refractivity contribution in [2.24, 2.45) is 11.8 Å². The van der Waals surface area contributed by atoms with E-state index in [0.717, 1.165) is 42.1 Å². The molecule has 10 nitrogen and oxygen atoms in total. The van der Waals surface area contributed by atoms with Crippen LogP contribution in [0.2, 0.25) is 5.02 Å². The number of rotatable bonds is 7. The molecule has 0 unspecified atom stereocenters. The van der Waals surface area contributed by atoms with Gasteiger partial charge in [-0.25, -0.2) is 4.98 Å². The molecule has 2 atom stereocenters. The number of halogens is 1. The zero-order valence-electron chi connectivity index (χ0n) is 23.8. The summed E-state index contributed by atoms with van der Waals surface area (Å²) in [7, 11) is 0. The Morgan fingerprint density at radius 1 is 1.16 bits per heavy atom. The van der Waals surface area contributed by atoms with Crippen LogP contribution in [-0.2, 0) is 14.4 Å². The van der Waals surface area contributed by atoms with Gasteiger partial charge in [-0.15, -0.1) is 11.3 Å². The number of hydrogen-bond donors (Lipinski definition) is 1. The van der Waals surface area contributed by atoms with E-state index in [-0.39, 0.29) is 34.9 Å². The molecule has 1 aliphatic heterocycles. The lowest BCUT2D eigenvalue weighted by molar-refractivity contribution is -0.387. The summed E-state index contributed by atoms with van der Waals surface area (Å²) in [5, 5.41) is 24.8. The molecule has 1 saturated heterocycles. The Balaban J connectivity index is 1.23. The highest BCUT2D eigenvalue weighted by Gasteiger charge is 2.48. The largest absolute Gasteiger partial charge is 0.321 e. The third-order valence-electron chi connectivity index (χ3n) is 8.02. The van der Waals surface area contributed by atoms with E-state index in [1.54, 1.807) is 55.5 Å². The van der Waals surface area contributed by atoms with Crippen LogP contribution in [0.5, 0.6) is 0 Å². The first-order valence-electron chi connectivity index (χ1n) is 14.1. The molecule has 2 fully saturated rings. The number of anilines is 2. The van der Waals surface area contributed by atoms with Crippen molar-refractivity contribution in [1.82, 2.24) is 4.98 Å². The molecule has 2 aliphatic rings. The average molecular weight is 658 g/mol. The highest BCUT2D eigenvalue weighted by molar-refractivity contribution is 8.01. The number of aromatic nitrogens is 1. The summed E-state index contributed by atoms with van der Waals surface area (Å²) in [4.78, 5) is 56.7. The molecular formula is C32H24ClN5O5S2. The van der Waals surface area contributed by atoms with E-state index in [2.05, 4.69) is 10.3 Å². The molecule has 0 bridgehead atoms. The number of nitriles is 1. The van der Waals surface area contributed by atoms with Crippen molar-refractivity contribution in [2.45, 2.75) is 41.8 Å². The van der Waals surface area contributed by atoms with Gasteiger partial charge < -0.3 is 5.32 Å². The zero-order valence-corrected chi connectivity index (χ0v) is 26.2. The van der Waals surface area contributed by atoms with Gasteiger partial charge in [0.15, 0.2) is 4.34 Å². The summed E-state index contributed by atoms with van der Waals surface area (Å²) < 4.78 is 1.28. The van der Waals surface area contributed by atoms with Gasteiger partial charge in [-0.1, -0.05) is 48.3 Å². The number of hydrogen-bond acceptors (Lipinski definition) is 9. The van der Waals surface area contributed by atoms with Crippen LogP contribution in [0.4, 0.5) is 17.1 Å². The molecule has 1 N–H and O–H groups in total. The number of thiazole rings is 1. The summed E-state index contributed by atoms with van der Waals surface area (Å²) >= 11 is 8.53. The molecule has 13 heteroatoms. The molecule has 0 radical (unpaired) electrons. The fraction of sp³-hybridized carbons (Fsp3) is 0.219. The van der Waals surface area contributed by atoms with E-state index in [9.17, 15) is 29.8 Å². The minimum Gasteiger partial charge on any atom is -0.321 e. The normalized spacial score (nSPS) is 18.2. The number of nitro groups is 1. The van der Waals surface area contributed by atoms with Crippen molar-refractivity contribution in [3.05, 3.63) is 86.4 Å². The summed E-state index contributed by atoms with van der Waals surface area (Å²) in [6.45, 7) is 1.73. The molecule has 0 spiro atoms. The second-order valence-corrected chi connectivity index (χ2v) is 13.5. The van der Waals surface area contributed by atoms with Gasteiger partial charge in [-0.2, -0.15) is 5.26 Å². The lowest BCUT2D eigenvalue weighted by Gasteiger charge is -2.19. The molecule has 6 rings (SSSR count). The number of nitrogens with zero attached hydrogens (tertiary/aromatic N) is 4. The number of fused-ring (bicyclic) bond motifs is 2. The molecule has 1 saturated carbocycles. The second-order valence-electron chi connectivity index (χ2n) is 10.8. The molecule has 45 heavy (non-hydrogen) atoms. The summed E-state index contributed by atoms with van der Waals surface area (Å²) in [5.41, 5.74) is 2.10. The van der Waals surface area contributed by atoms with Gasteiger partial charge in [-0.3, -0.25) is 29.4 Å². The van der Waals surface area contributed by atoms with Crippen molar-refractivity contribution < 1.29 is 19.3 Å². The Morgan fingerprint density at radius 2 is 1.89 bits per heavy atom. The van der Waals surface area contributed by atoms with E-state index < -0.39 is 10.8 Å². The van der Waals surface area contributed by atoms with E-state index in [0.29, 0.717) is 42.3 Å². The molecule has 3 aromatic carbocycles. The fourth-order valence-corrected chi connectivity index (χ4v) is 8.00. The number of nitro benzene ring substituents is 1. The maximum absolute atomic E-state index is 13.1. The minimum absolute atomic E-state index is 0.149. The summed E-state index contributed by atoms with van der Waals surface area (Å²) in [6, 6.07) is 16.5. The minimum atomic E-state index is -0.672. The number of carbonyl (C=O) groups excluding carboxylic acids is 3. The number of benzene rings is 3. The molecule has 1 aliphatic carbocycles. The predicted octanol–water partition coefficient (Wildman–Crippen LogP) is 7.54. The van der Waals surface area contributed by atoms with Crippen LogP contribution in [-0.4, -0.2) is 27.6 Å². The van der Waals surface area contributed by atoms with Crippen molar-refractivity contribution in [2.75, 3.05) is 10.2 Å². The molecule has 2 heterocycles. The van der Waals surface area contributed by atoms with Gasteiger partial charge in [0.2, 0.25) is 11.8 Å². The van der Waals surface area contributed by atoms with Crippen molar-refractivity contribution in [3.8, 4) is 6.07 Å². The first kappa shape index (κ1) is 30.5. The predicted molar refractivity (Wildman–Crippen MR) is 173 cm³/mol. The second kappa shape index (κ2) is 12.4. The number of nitrogens with one attached hydrogen (secondary N) is 1. The lowest BCUT2D eigenvalue weighted by atomic mass is 9.81. The van der Waals surface area contributed by atoms with Crippen LogP contribution in [0.1, 0.15) is 36.8 Å². The lowest BCUT2D eigenvalue weighted by Crippen LogP contribution is -2.30. The Kier molecular flexibility index (Phi) is 8.42. The van der Waals surface area contributed by atoms with Gasteiger partial charge in [0.05, 0.1) is 37.6 Å². The average Bonchev–Trinajstić information content (AvgIpc) is 3.55. The Bertz CT molecular complexity index is 1960. The first-order valence-corrected chi connectivity index (χ1v) is 16.1. The highest BCUT2D eigenvalue weighted by atomic mass is 35.5. The molecule has 1 aromatic heterocycles. The SMILES string of the molecule is Cc1c(Cl)cccc1NC(=O)/C(C#N)=C/c1ccc(Sc2nc3ccc(N4C(=O)[C@H]5CCCC[C@@H]5C4=O)cc3s2)c([N+](=O)[O-])c1. The zero-order chi connectivity index (χ0) is 31.8. The van der Waals surface area contributed by atoms with Crippen LogP contribution < -0.4 is 10.2 Å². The fourth-order valence-electron chi connectivity index (χ4n) is 5.69. The summed E-state index contributed by atoms with van der Waals surface area (Å²) in [6.07, 6.45) is 4.65. The Labute approximate surface area is 270 Å². The number of amides is 3. The van der Waals surface area contributed by atoms with E-state index in [1.807, 2.05) is 6.07 Å². The van der Waals surface area contributed by atoms with E-state index in [1.165, 1.54) is 28.4 Å². The standard InChI is InChI=1S/C32H24ClN5O5S2/c1-17-23(33)7-4-8-24(17)35-29(39)19(16-34)13-18-9-12-27(26(14-18)38(42)43)44-32-36-25-11-10-20(15-28(25)45-32)37-30(40)21-5-2-3-6-22(21)31(37)41/h4,7-15,21-22H,2-3,5-6H2,1H3,(H,35,39)/b19-13+/t21-,22-/m0/s1. The maximum atomic E-state index is 13.1. The van der Waals surface area contributed by atoms with Crippen LogP contribution >= 0.6 is 34.7 Å². The molecule has 3 amide bonds. The Morgan fingerprint density at radius 3 is 2.58 bits per heavy atom. The molecule has 4 aromatic rings. The van der Waals surface area contributed by atoms with Crippen LogP contribution in [0.3, 0.4) is 0 Å². The quantitative estimate of drug-likeness (QED) is 0.0705. The summed E-state index contributed by atoms with van der Waals surface area (Å²) in [5.74, 6) is -1.47. The van der Waals surface area contributed by atoms with Gasteiger partial charge in [0.25, 0.3) is 11.6 Å². The highest BCUT2D eigenvalue weighted by Crippen LogP contribution is 2.43. The van der Waals surface area contributed by atoms with Crippen LogP contribution in [0.25, 0.3) is 16.3 Å². The molecule has 226 valence electrons. The van der Waals surface area contributed by atoms with Crippen molar-refractivity contribution in [1.29, 1.82) is 5.26 Å². The Hall–Kier alpha value is -4.57.